The van der Waals surface area contributed by atoms with Crippen molar-refractivity contribution >= 4 is 17.6 Å². The van der Waals surface area contributed by atoms with Gasteiger partial charge in [0, 0.05) is 41.1 Å². The van der Waals surface area contributed by atoms with Gasteiger partial charge in [-0.15, -0.1) is 0 Å². The molecule has 174 valence electrons. The molecular weight excluding hydrogens is 447 g/mol. The molecule has 1 aliphatic rings. The summed E-state index contributed by atoms with van der Waals surface area (Å²) in [7, 11) is 1.94. The van der Waals surface area contributed by atoms with Crippen LogP contribution in [0.2, 0.25) is 0 Å². The second-order valence-corrected chi connectivity index (χ2v) is 6.86. The number of fused-ring (bicyclic) bond motifs is 1. The maximum atomic E-state index is 13.0. The Kier molecular flexibility index (Phi) is 7.89. The van der Waals surface area contributed by atoms with Crippen molar-refractivity contribution in [3.05, 3.63) is 67.4 Å². The number of carbonyl (C=O) groups excluding carboxylic acids is 1. The van der Waals surface area contributed by atoms with Crippen LogP contribution in [0.4, 0.5) is 18.9 Å². The molecule has 0 saturated carbocycles. The number of carboxylic acid groups (broad SMARTS) is 1. The second kappa shape index (κ2) is 10.4. The van der Waals surface area contributed by atoms with Crippen molar-refractivity contribution in [3.8, 4) is 0 Å². The summed E-state index contributed by atoms with van der Waals surface area (Å²) in [5.41, 5.74) is 20.6. The number of halogens is 3. The first-order valence-corrected chi connectivity index (χ1v) is 9.28. The van der Waals surface area contributed by atoms with Crippen LogP contribution in [0.3, 0.4) is 0 Å². The van der Waals surface area contributed by atoms with E-state index in [9.17, 15) is 18.0 Å². The number of azide groups is 2. The zero-order valence-corrected chi connectivity index (χ0v) is 17.5. The molecule has 0 saturated heterocycles. The fraction of sp³-hybridized carbons (Fsp3) is 0.389. The Morgan fingerprint density at radius 3 is 2.48 bits per heavy atom. The van der Waals surface area contributed by atoms with Crippen LogP contribution in [-0.2, 0) is 31.4 Å². The fourth-order valence-corrected chi connectivity index (χ4v) is 3.09. The van der Waals surface area contributed by atoms with E-state index in [0.29, 0.717) is 36.3 Å². The molecule has 1 aromatic heterocycles. The van der Waals surface area contributed by atoms with Gasteiger partial charge in [-0.3, -0.25) is 4.79 Å². The third kappa shape index (κ3) is 6.38. The van der Waals surface area contributed by atoms with Crippen molar-refractivity contribution in [2.24, 2.45) is 17.3 Å². The zero-order chi connectivity index (χ0) is 24.8. The van der Waals surface area contributed by atoms with Crippen LogP contribution in [0, 0.1) is 6.92 Å². The number of aryl methyl sites for hydroxylation is 1. The first-order valence-electron chi connectivity index (χ1n) is 9.28. The van der Waals surface area contributed by atoms with Crippen LogP contribution in [0.15, 0.2) is 28.4 Å². The molecule has 15 heteroatoms. The number of carbonyl (C=O) groups is 2. The van der Waals surface area contributed by atoms with E-state index in [4.69, 9.17) is 21.0 Å². The molecule has 1 amide bonds. The SMILES string of the molecule is Cc1nc2c(n1C)CN(C(=O)c1cc(CN=[N+]=[N-])cc(N=[N+]=[N-])c1)CC2.O=C(O)C(F)(F)F. The van der Waals surface area contributed by atoms with Gasteiger partial charge in [-0.1, -0.05) is 10.2 Å². The number of aromatic nitrogens is 2. The number of amides is 1. The summed E-state index contributed by atoms with van der Waals surface area (Å²) in [5.74, 6) is -1.99. The van der Waals surface area contributed by atoms with Gasteiger partial charge >= 0.3 is 12.1 Å². The van der Waals surface area contributed by atoms with Gasteiger partial charge in [-0.25, -0.2) is 9.78 Å². The summed E-state index contributed by atoms with van der Waals surface area (Å²) in [6.07, 6.45) is -4.38. The lowest BCUT2D eigenvalue weighted by Gasteiger charge is -2.27. The Morgan fingerprint density at radius 1 is 1.24 bits per heavy atom. The molecule has 2 aromatic rings. The topological polar surface area (TPSA) is 173 Å². The minimum atomic E-state index is -5.08. The Hall–Kier alpha value is -4.22. The molecular formula is C18H18F3N9O3. The maximum absolute atomic E-state index is 13.0. The molecule has 33 heavy (non-hydrogen) atoms. The van der Waals surface area contributed by atoms with Crippen molar-refractivity contribution in [2.45, 2.75) is 32.6 Å². The van der Waals surface area contributed by atoms with Gasteiger partial charge in [0.05, 0.1) is 24.5 Å². The highest BCUT2D eigenvalue weighted by atomic mass is 19.4. The minimum Gasteiger partial charge on any atom is -0.475 e. The summed E-state index contributed by atoms with van der Waals surface area (Å²) in [4.78, 5) is 33.6. The number of benzene rings is 1. The number of alkyl halides is 3. The first-order chi connectivity index (χ1) is 15.5. The number of carboxylic acids is 1. The molecule has 0 spiro atoms. The number of hydrogen-bond acceptors (Lipinski definition) is 5. The predicted molar refractivity (Wildman–Crippen MR) is 108 cm³/mol. The van der Waals surface area contributed by atoms with Crippen LogP contribution >= 0.6 is 0 Å². The Labute approximate surface area is 184 Å². The number of aliphatic carboxylic acids is 1. The molecule has 0 radical (unpaired) electrons. The number of nitrogens with zero attached hydrogens (tertiary/aromatic N) is 9. The summed E-state index contributed by atoms with van der Waals surface area (Å²) in [6.45, 7) is 3.06. The summed E-state index contributed by atoms with van der Waals surface area (Å²) in [6, 6.07) is 4.81. The minimum absolute atomic E-state index is 0.0800. The molecule has 0 atom stereocenters. The first kappa shape index (κ1) is 25.0. The average molecular weight is 465 g/mol. The molecule has 0 aliphatic carbocycles. The van der Waals surface area contributed by atoms with Crippen molar-refractivity contribution in [2.75, 3.05) is 6.54 Å². The van der Waals surface area contributed by atoms with E-state index in [1.807, 2.05) is 18.5 Å². The van der Waals surface area contributed by atoms with Crippen molar-refractivity contribution in [1.29, 1.82) is 0 Å². The highest BCUT2D eigenvalue weighted by Crippen LogP contribution is 2.24. The zero-order valence-electron chi connectivity index (χ0n) is 17.5. The van der Waals surface area contributed by atoms with Gasteiger partial charge in [-0.2, -0.15) is 13.2 Å². The third-order valence-electron chi connectivity index (χ3n) is 4.71. The van der Waals surface area contributed by atoms with Gasteiger partial charge in [-0.05, 0) is 41.7 Å². The van der Waals surface area contributed by atoms with Gasteiger partial charge in [0.1, 0.15) is 5.82 Å². The second-order valence-electron chi connectivity index (χ2n) is 6.86. The van der Waals surface area contributed by atoms with Crippen LogP contribution in [0.1, 0.15) is 33.1 Å². The van der Waals surface area contributed by atoms with E-state index in [1.54, 1.807) is 23.1 Å². The summed E-state index contributed by atoms with van der Waals surface area (Å²) < 4.78 is 33.7. The Balaban J connectivity index is 0.000000479. The van der Waals surface area contributed by atoms with Crippen LogP contribution in [-0.4, -0.2) is 44.2 Å². The van der Waals surface area contributed by atoms with Gasteiger partial charge in [0.15, 0.2) is 0 Å². The Bertz CT molecular complexity index is 1160. The molecule has 1 N–H and O–H groups in total. The lowest BCUT2D eigenvalue weighted by molar-refractivity contribution is -0.192. The lowest BCUT2D eigenvalue weighted by Crippen LogP contribution is -2.36. The van der Waals surface area contributed by atoms with E-state index < -0.39 is 12.1 Å². The van der Waals surface area contributed by atoms with E-state index in [1.165, 1.54) is 0 Å². The Morgan fingerprint density at radius 2 is 1.91 bits per heavy atom. The predicted octanol–water partition coefficient (Wildman–Crippen LogP) is 4.31. The third-order valence-corrected chi connectivity index (χ3v) is 4.71. The van der Waals surface area contributed by atoms with Crippen molar-refractivity contribution in [3.63, 3.8) is 0 Å². The molecule has 0 bridgehead atoms. The monoisotopic (exact) mass is 465 g/mol. The normalized spacial score (nSPS) is 12.5. The number of hydrogen-bond donors (Lipinski definition) is 1. The van der Waals surface area contributed by atoms with Crippen LogP contribution < -0.4 is 0 Å². The molecule has 3 rings (SSSR count). The van der Waals surface area contributed by atoms with E-state index in [2.05, 4.69) is 25.0 Å². The molecule has 12 nitrogen and oxygen atoms in total. The smallest absolute Gasteiger partial charge is 0.475 e. The average Bonchev–Trinajstić information content (AvgIpc) is 3.04. The largest absolute Gasteiger partial charge is 0.490 e. The van der Waals surface area contributed by atoms with Crippen LogP contribution in [0.25, 0.3) is 20.9 Å². The lowest BCUT2D eigenvalue weighted by atomic mass is 10.1. The standard InChI is InChI=1S/C16H17N9O.C2HF3O2/c1-10-20-14-3-4-25(9-15(14)24(10)2)16(26)12-5-11(8-19-22-17)6-13(7-12)21-23-18;3-2(4,5)1(6)7/h5-7H,3-4,8-9H2,1-2H3;(H,6,7). The molecule has 0 unspecified atom stereocenters. The van der Waals surface area contributed by atoms with Crippen LogP contribution in [0.5, 0.6) is 0 Å². The van der Waals surface area contributed by atoms with Crippen molar-refractivity contribution < 1.29 is 27.9 Å². The fourth-order valence-electron chi connectivity index (χ4n) is 3.09. The quantitative estimate of drug-likeness (QED) is 0.403. The maximum Gasteiger partial charge on any atom is 0.490 e. The highest BCUT2D eigenvalue weighted by Gasteiger charge is 2.38. The number of imidazole rings is 1. The van der Waals surface area contributed by atoms with Gasteiger partial charge < -0.3 is 14.6 Å². The molecule has 1 aliphatic heterocycles. The summed E-state index contributed by atoms with van der Waals surface area (Å²) in [5, 5.41) is 14.2. The van der Waals surface area contributed by atoms with Gasteiger partial charge in [0.2, 0.25) is 0 Å². The van der Waals surface area contributed by atoms with E-state index in [-0.39, 0.29) is 12.5 Å². The van der Waals surface area contributed by atoms with E-state index in [0.717, 1.165) is 17.2 Å². The molecule has 0 fully saturated rings. The highest BCUT2D eigenvalue weighted by molar-refractivity contribution is 5.95. The van der Waals surface area contributed by atoms with Crippen molar-refractivity contribution in [1.82, 2.24) is 14.5 Å². The van der Waals surface area contributed by atoms with Gasteiger partial charge in [0.25, 0.3) is 5.91 Å². The molecule has 1 aromatic carbocycles. The molecule has 2 heterocycles. The van der Waals surface area contributed by atoms with E-state index >= 15 is 0 Å². The summed E-state index contributed by atoms with van der Waals surface area (Å²) >= 11 is 0. The number of rotatable bonds is 4.